The van der Waals surface area contributed by atoms with Crippen LogP contribution in [0.3, 0.4) is 0 Å². The summed E-state index contributed by atoms with van der Waals surface area (Å²) in [6.07, 6.45) is 4.34. The Morgan fingerprint density at radius 2 is 1.66 bits per heavy atom. The molecule has 1 aromatic rings. The van der Waals surface area contributed by atoms with Crippen LogP contribution in [0, 0.1) is 0 Å². The molecule has 1 aromatic carbocycles. The molecule has 1 saturated carbocycles. The molecule has 1 N–H and O–H groups in total. The van der Waals surface area contributed by atoms with Gasteiger partial charge < -0.3 is 19.4 Å². The number of nitrogens with one attached hydrogen (secondary N) is 1. The molecule has 3 rings (SSSR count). The van der Waals surface area contributed by atoms with Gasteiger partial charge in [-0.3, -0.25) is 4.79 Å². The molecule has 0 spiro atoms. The number of ether oxygens (including phenoxy) is 1. The predicted molar refractivity (Wildman–Crippen MR) is 112 cm³/mol. The summed E-state index contributed by atoms with van der Waals surface area (Å²) >= 11 is 0. The Bertz CT molecular complexity index is 724. The van der Waals surface area contributed by atoms with Gasteiger partial charge in [-0.05, 0) is 64.4 Å². The fourth-order valence-corrected chi connectivity index (χ4v) is 3.72. The molecule has 1 saturated heterocycles. The van der Waals surface area contributed by atoms with Crippen molar-refractivity contribution in [2.24, 2.45) is 0 Å². The number of amides is 1. The molecule has 0 unspecified atom stereocenters. The molecule has 29 heavy (non-hydrogen) atoms. The maximum absolute atomic E-state index is 12.6. The van der Waals surface area contributed by atoms with Gasteiger partial charge in [-0.2, -0.15) is 0 Å². The molecule has 6 nitrogen and oxygen atoms in total. The molecule has 1 aliphatic heterocycles. The van der Waals surface area contributed by atoms with Crippen LogP contribution in [-0.2, 0) is 30.1 Å². The Labute approximate surface area is 173 Å². The third-order valence-corrected chi connectivity index (χ3v) is 6.19. The van der Waals surface area contributed by atoms with E-state index in [0.29, 0.717) is 6.42 Å². The Morgan fingerprint density at radius 1 is 1.10 bits per heavy atom. The number of esters is 1. The summed E-state index contributed by atoms with van der Waals surface area (Å²) in [5.41, 5.74) is 1.08. The van der Waals surface area contributed by atoms with Crippen LogP contribution in [0.25, 0.3) is 0 Å². The molecule has 7 heteroatoms. The molecule has 1 aliphatic carbocycles. The van der Waals surface area contributed by atoms with Gasteiger partial charge in [0.2, 0.25) is 5.91 Å². The lowest BCUT2D eigenvalue weighted by molar-refractivity contribution is -0.152. The zero-order chi connectivity index (χ0) is 21.2. The van der Waals surface area contributed by atoms with Crippen LogP contribution in [0.1, 0.15) is 65.9 Å². The van der Waals surface area contributed by atoms with E-state index >= 15 is 0 Å². The van der Waals surface area contributed by atoms with E-state index in [1.54, 1.807) is 0 Å². The SMILES string of the molecule is CC(=O)N[C@@H](Cc1ccc(B2OC(C)(C)C(C)(C)O2)cc1)C(=O)OC1CCCC1. The van der Waals surface area contributed by atoms with Gasteiger partial charge in [0.1, 0.15) is 12.1 Å². The average molecular weight is 401 g/mol. The van der Waals surface area contributed by atoms with Gasteiger partial charge in [-0.25, -0.2) is 4.79 Å². The first-order valence-corrected chi connectivity index (χ1v) is 10.5. The zero-order valence-corrected chi connectivity index (χ0v) is 18.1. The minimum Gasteiger partial charge on any atom is -0.461 e. The quantitative estimate of drug-likeness (QED) is 0.586. The minimum atomic E-state index is -0.684. The van der Waals surface area contributed by atoms with Crippen LogP contribution in [0.4, 0.5) is 0 Å². The van der Waals surface area contributed by atoms with Gasteiger partial charge in [-0.15, -0.1) is 0 Å². The van der Waals surface area contributed by atoms with Crippen molar-refractivity contribution in [3.05, 3.63) is 29.8 Å². The molecule has 0 radical (unpaired) electrons. The number of rotatable bonds is 6. The lowest BCUT2D eigenvalue weighted by Crippen LogP contribution is -2.43. The van der Waals surface area contributed by atoms with Crippen LogP contribution < -0.4 is 10.8 Å². The molecule has 1 heterocycles. The molecule has 0 bridgehead atoms. The van der Waals surface area contributed by atoms with Crippen LogP contribution in [0.5, 0.6) is 0 Å². The topological polar surface area (TPSA) is 73.9 Å². The average Bonchev–Trinajstić information content (AvgIpc) is 3.20. The Hall–Kier alpha value is -1.86. The molecular formula is C22H32BNO5. The van der Waals surface area contributed by atoms with Crippen molar-refractivity contribution in [1.29, 1.82) is 0 Å². The van der Waals surface area contributed by atoms with E-state index in [4.69, 9.17) is 14.0 Å². The van der Waals surface area contributed by atoms with Gasteiger partial charge >= 0.3 is 13.1 Å². The summed E-state index contributed by atoms with van der Waals surface area (Å²) in [6.45, 7) is 9.51. The lowest BCUT2D eigenvalue weighted by atomic mass is 9.78. The highest BCUT2D eigenvalue weighted by Crippen LogP contribution is 2.36. The standard InChI is InChI=1S/C22H32BNO5/c1-15(25)24-19(20(26)27-18-8-6-7-9-18)14-16-10-12-17(13-11-16)23-28-21(2,3)22(4,5)29-23/h10-13,18-19H,6-9,14H2,1-5H3,(H,24,25)/t19-/m0/s1. The summed E-state index contributed by atoms with van der Waals surface area (Å²) < 4.78 is 17.8. The number of carbonyl (C=O) groups is 2. The molecule has 1 amide bonds. The smallest absolute Gasteiger partial charge is 0.461 e. The first-order chi connectivity index (χ1) is 13.6. The van der Waals surface area contributed by atoms with Gasteiger partial charge in [0.15, 0.2) is 0 Å². The maximum Gasteiger partial charge on any atom is 0.494 e. The fraction of sp³-hybridized carbons (Fsp3) is 0.636. The molecule has 2 aliphatic rings. The van der Waals surface area contributed by atoms with Gasteiger partial charge in [0.25, 0.3) is 0 Å². The maximum atomic E-state index is 12.6. The van der Waals surface area contributed by atoms with Crippen molar-refractivity contribution in [2.75, 3.05) is 0 Å². The highest BCUT2D eigenvalue weighted by atomic mass is 16.7. The lowest BCUT2D eigenvalue weighted by Gasteiger charge is -2.32. The van der Waals surface area contributed by atoms with Crippen molar-refractivity contribution < 1.29 is 23.6 Å². The summed E-state index contributed by atoms with van der Waals surface area (Å²) in [7, 11) is -0.424. The van der Waals surface area contributed by atoms with Crippen molar-refractivity contribution in [2.45, 2.75) is 90.1 Å². The number of hydrogen-bond acceptors (Lipinski definition) is 5. The molecular weight excluding hydrogens is 369 g/mol. The number of hydrogen-bond donors (Lipinski definition) is 1. The van der Waals surface area contributed by atoms with Crippen LogP contribution in [-0.4, -0.2) is 42.3 Å². The summed E-state index contributed by atoms with van der Waals surface area (Å²) in [4.78, 5) is 24.2. The van der Waals surface area contributed by atoms with E-state index < -0.39 is 24.4 Å². The second-order valence-electron chi connectivity index (χ2n) is 9.13. The molecule has 1 atom stereocenters. The third kappa shape index (κ3) is 5.20. The highest BCUT2D eigenvalue weighted by molar-refractivity contribution is 6.62. The Morgan fingerprint density at radius 3 is 2.17 bits per heavy atom. The largest absolute Gasteiger partial charge is 0.494 e. The van der Waals surface area contributed by atoms with Crippen molar-refractivity contribution in [3.63, 3.8) is 0 Å². The number of carbonyl (C=O) groups excluding carboxylic acids is 2. The zero-order valence-electron chi connectivity index (χ0n) is 18.1. The van der Waals surface area contributed by atoms with E-state index in [1.165, 1.54) is 6.92 Å². The van der Waals surface area contributed by atoms with E-state index in [1.807, 2.05) is 52.0 Å². The fourth-order valence-electron chi connectivity index (χ4n) is 3.72. The second-order valence-corrected chi connectivity index (χ2v) is 9.13. The van der Waals surface area contributed by atoms with Crippen molar-refractivity contribution >= 4 is 24.5 Å². The van der Waals surface area contributed by atoms with E-state index in [0.717, 1.165) is 36.7 Å². The van der Waals surface area contributed by atoms with Crippen molar-refractivity contribution in [1.82, 2.24) is 5.32 Å². The third-order valence-electron chi connectivity index (χ3n) is 6.19. The first kappa shape index (κ1) is 21.8. The van der Waals surface area contributed by atoms with Gasteiger partial charge in [0.05, 0.1) is 11.2 Å². The van der Waals surface area contributed by atoms with Crippen LogP contribution in [0.15, 0.2) is 24.3 Å². The number of benzene rings is 1. The first-order valence-electron chi connectivity index (χ1n) is 10.5. The van der Waals surface area contributed by atoms with E-state index in [-0.39, 0.29) is 18.0 Å². The minimum absolute atomic E-state index is 0.0236. The highest BCUT2D eigenvalue weighted by Gasteiger charge is 2.51. The predicted octanol–water partition coefficient (Wildman–Crippen LogP) is 2.52. The van der Waals surface area contributed by atoms with Gasteiger partial charge in [0, 0.05) is 13.3 Å². The van der Waals surface area contributed by atoms with E-state index in [9.17, 15) is 9.59 Å². The Kier molecular flexibility index (Phi) is 6.39. The summed E-state index contributed by atoms with van der Waals surface area (Å²) in [5.74, 6) is -0.602. The summed E-state index contributed by atoms with van der Waals surface area (Å²) in [5, 5.41) is 2.73. The normalized spacial score (nSPS) is 21.8. The van der Waals surface area contributed by atoms with Gasteiger partial charge in [-0.1, -0.05) is 24.3 Å². The molecule has 158 valence electrons. The summed E-state index contributed by atoms with van der Waals surface area (Å²) in [6, 6.07) is 7.10. The molecule has 0 aromatic heterocycles. The molecule has 2 fully saturated rings. The van der Waals surface area contributed by atoms with Crippen LogP contribution in [0.2, 0.25) is 0 Å². The van der Waals surface area contributed by atoms with E-state index in [2.05, 4.69) is 5.32 Å². The van der Waals surface area contributed by atoms with Crippen LogP contribution >= 0.6 is 0 Å². The van der Waals surface area contributed by atoms with Crippen molar-refractivity contribution in [3.8, 4) is 0 Å². The monoisotopic (exact) mass is 401 g/mol. The second kappa shape index (κ2) is 8.48. The Balaban J connectivity index is 1.65.